The number of hydrogen-bond acceptors (Lipinski definition) is 0. The molecular weight excluding hydrogens is 108 g/mol. The lowest BCUT2D eigenvalue weighted by Crippen LogP contribution is -2.04. The second kappa shape index (κ2) is 3.24. The maximum atomic E-state index is 2.51. The van der Waals surface area contributed by atoms with Gasteiger partial charge in [0.25, 0.3) is 0 Å². The molecule has 0 aromatic rings. The van der Waals surface area contributed by atoms with Gasteiger partial charge in [0, 0.05) is 0 Å². The Morgan fingerprint density at radius 3 is 2.56 bits per heavy atom. The number of rotatable bonds is 2. The highest BCUT2D eigenvalue weighted by Gasteiger charge is 2.23. The van der Waals surface area contributed by atoms with Crippen molar-refractivity contribution in [3.63, 3.8) is 0 Å². The highest BCUT2D eigenvalue weighted by atomic mass is 14.3. The fraction of sp³-hybridized carbons (Fsp3) is 0.889. The second-order valence-electron chi connectivity index (χ2n) is 3.05. The zero-order valence-electron chi connectivity index (χ0n) is 6.56. The lowest BCUT2D eigenvalue weighted by molar-refractivity contribution is 0.397. The van der Waals surface area contributed by atoms with Gasteiger partial charge in [0.15, 0.2) is 0 Å². The Hall–Kier alpha value is 0. The van der Waals surface area contributed by atoms with Crippen molar-refractivity contribution in [1.82, 2.24) is 0 Å². The van der Waals surface area contributed by atoms with Crippen LogP contribution in [0.2, 0.25) is 0 Å². The molecule has 0 spiro atoms. The van der Waals surface area contributed by atoms with E-state index in [1.807, 2.05) is 0 Å². The molecule has 53 valence electrons. The van der Waals surface area contributed by atoms with Crippen LogP contribution in [-0.4, -0.2) is 0 Å². The summed E-state index contributed by atoms with van der Waals surface area (Å²) >= 11 is 0. The summed E-state index contributed by atoms with van der Waals surface area (Å²) in [4.78, 5) is 0. The zero-order valence-corrected chi connectivity index (χ0v) is 6.56. The topological polar surface area (TPSA) is 0 Å². The van der Waals surface area contributed by atoms with Crippen LogP contribution < -0.4 is 0 Å². The highest BCUT2D eigenvalue weighted by molar-refractivity contribution is 4.88. The van der Waals surface area contributed by atoms with E-state index >= 15 is 0 Å². The Labute approximate surface area is 58.7 Å². The Morgan fingerprint density at radius 2 is 2.11 bits per heavy atom. The third kappa shape index (κ3) is 1.47. The van der Waals surface area contributed by atoms with Crippen LogP contribution >= 0.6 is 0 Å². The molecule has 0 heteroatoms. The van der Waals surface area contributed by atoms with Gasteiger partial charge in [-0.1, -0.05) is 26.7 Å². The van der Waals surface area contributed by atoms with E-state index in [0.717, 1.165) is 11.8 Å². The average Bonchev–Trinajstić information content (AvgIpc) is 2.33. The first-order valence-corrected chi connectivity index (χ1v) is 4.21. The third-order valence-corrected chi connectivity index (χ3v) is 2.61. The van der Waals surface area contributed by atoms with Crippen molar-refractivity contribution >= 4 is 0 Å². The minimum Gasteiger partial charge on any atom is -0.0651 e. The normalized spacial score (nSPS) is 35.3. The molecule has 2 atom stereocenters. The van der Waals surface area contributed by atoms with Crippen molar-refractivity contribution in [3.05, 3.63) is 6.42 Å². The van der Waals surface area contributed by atoms with Gasteiger partial charge in [-0.25, -0.2) is 0 Å². The summed E-state index contributed by atoms with van der Waals surface area (Å²) in [5.74, 6) is 1.98. The highest BCUT2D eigenvalue weighted by Crippen LogP contribution is 2.34. The fourth-order valence-corrected chi connectivity index (χ4v) is 1.94. The van der Waals surface area contributed by atoms with Crippen LogP contribution in [0.1, 0.15) is 39.5 Å². The third-order valence-electron chi connectivity index (χ3n) is 2.61. The van der Waals surface area contributed by atoms with Gasteiger partial charge in [0.2, 0.25) is 0 Å². The zero-order chi connectivity index (χ0) is 6.69. The molecular formula is C9H17. The van der Waals surface area contributed by atoms with E-state index in [0.29, 0.717) is 0 Å². The van der Waals surface area contributed by atoms with Crippen molar-refractivity contribution in [3.8, 4) is 0 Å². The Balaban J connectivity index is 2.32. The van der Waals surface area contributed by atoms with E-state index in [2.05, 4.69) is 20.3 Å². The number of hydrogen-bond donors (Lipinski definition) is 0. The maximum Gasteiger partial charge on any atom is -0.0352 e. The predicted octanol–water partition coefficient (Wildman–Crippen LogP) is 3.04. The molecule has 0 amide bonds. The van der Waals surface area contributed by atoms with Crippen LogP contribution in [0.3, 0.4) is 0 Å². The van der Waals surface area contributed by atoms with Crippen LogP contribution in [0.4, 0.5) is 0 Å². The lowest BCUT2D eigenvalue weighted by Gasteiger charge is -2.14. The van der Waals surface area contributed by atoms with E-state index < -0.39 is 0 Å². The van der Waals surface area contributed by atoms with Gasteiger partial charge in [-0.3, -0.25) is 0 Å². The first-order valence-electron chi connectivity index (χ1n) is 4.21. The first kappa shape index (κ1) is 7.11. The van der Waals surface area contributed by atoms with Crippen molar-refractivity contribution in [2.75, 3.05) is 0 Å². The Kier molecular flexibility index (Phi) is 2.56. The molecule has 2 unspecified atom stereocenters. The SMILES string of the molecule is CCC1[CH]CCC1CC. The van der Waals surface area contributed by atoms with Crippen LogP contribution in [-0.2, 0) is 0 Å². The monoisotopic (exact) mass is 125 g/mol. The summed E-state index contributed by atoms with van der Waals surface area (Å²) in [5, 5.41) is 0. The van der Waals surface area contributed by atoms with Gasteiger partial charge in [-0.05, 0) is 31.1 Å². The molecule has 1 aliphatic rings. The minimum atomic E-state index is 0.954. The molecule has 1 radical (unpaired) electrons. The van der Waals surface area contributed by atoms with Crippen LogP contribution in [0.15, 0.2) is 0 Å². The summed E-state index contributed by atoms with van der Waals surface area (Å²) in [5.41, 5.74) is 0. The largest absolute Gasteiger partial charge is 0.0651 e. The van der Waals surface area contributed by atoms with Crippen molar-refractivity contribution in [2.45, 2.75) is 39.5 Å². The Morgan fingerprint density at radius 1 is 1.33 bits per heavy atom. The van der Waals surface area contributed by atoms with E-state index in [9.17, 15) is 0 Å². The van der Waals surface area contributed by atoms with Crippen LogP contribution in [0.5, 0.6) is 0 Å². The van der Waals surface area contributed by atoms with Gasteiger partial charge in [0.1, 0.15) is 0 Å². The Bertz CT molecular complexity index is 66.1. The predicted molar refractivity (Wildman–Crippen MR) is 41.1 cm³/mol. The molecule has 0 heterocycles. The molecule has 1 fully saturated rings. The van der Waals surface area contributed by atoms with E-state index in [1.54, 1.807) is 0 Å². The molecule has 9 heavy (non-hydrogen) atoms. The second-order valence-corrected chi connectivity index (χ2v) is 3.05. The van der Waals surface area contributed by atoms with Gasteiger partial charge in [-0.2, -0.15) is 0 Å². The molecule has 0 aromatic heterocycles. The molecule has 0 aromatic carbocycles. The van der Waals surface area contributed by atoms with Gasteiger partial charge >= 0.3 is 0 Å². The van der Waals surface area contributed by atoms with Gasteiger partial charge < -0.3 is 0 Å². The molecule has 0 bridgehead atoms. The molecule has 0 N–H and O–H groups in total. The summed E-state index contributed by atoms with van der Waals surface area (Å²) in [6, 6.07) is 0. The molecule has 0 saturated heterocycles. The fourth-order valence-electron chi connectivity index (χ4n) is 1.94. The molecule has 0 aliphatic heterocycles. The van der Waals surface area contributed by atoms with E-state index in [1.165, 1.54) is 25.7 Å². The average molecular weight is 125 g/mol. The molecule has 1 saturated carbocycles. The molecule has 0 nitrogen and oxygen atoms in total. The van der Waals surface area contributed by atoms with Crippen molar-refractivity contribution in [2.24, 2.45) is 11.8 Å². The molecule has 1 aliphatic carbocycles. The smallest absolute Gasteiger partial charge is 0.0352 e. The van der Waals surface area contributed by atoms with E-state index in [-0.39, 0.29) is 0 Å². The van der Waals surface area contributed by atoms with Gasteiger partial charge in [0.05, 0.1) is 0 Å². The van der Waals surface area contributed by atoms with Crippen molar-refractivity contribution < 1.29 is 0 Å². The van der Waals surface area contributed by atoms with Crippen molar-refractivity contribution in [1.29, 1.82) is 0 Å². The minimum absolute atomic E-state index is 0.954. The van der Waals surface area contributed by atoms with Crippen LogP contribution in [0, 0.1) is 18.3 Å². The quantitative estimate of drug-likeness (QED) is 0.532. The van der Waals surface area contributed by atoms with E-state index in [4.69, 9.17) is 0 Å². The summed E-state index contributed by atoms with van der Waals surface area (Å²) in [7, 11) is 0. The summed E-state index contributed by atoms with van der Waals surface area (Å²) in [6.45, 7) is 4.61. The van der Waals surface area contributed by atoms with Gasteiger partial charge in [-0.15, -0.1) is 0 Å². The maximum absolute atomic E-state index is 2.51. The standard InChI is InChI=1S/C9H17/c1-3-8-6-5-7-9(8)4-2/h6,8-9H,3-5,7H2,1-2H3. The lowest BCUT2D eigenvalue weighted by atomic mass is 9.92. The molecule has 1 rings (SSSR count). The first-order chi connectivity index (χ1) is 4.38. The summed E-state index contributed by atoms with van der Waals surface area (Å²) in [6.07, 6.45) is 8.08. The van der Waals surface area contributed by atoms with Crippen LogP contribution in [0.25, 0.3) is 0 Å². The summed E-state index contributed by atoms with van der Waals surface area (Å²) < 4.78 is 0.